The Morgan fingerprint density at radius 2 is 1.95 bits per heavy atom. The molecule has 0 aromatic heterocycles. The molecule has 0 spiro atoms. The van der Waals surface area contributed by atoms with Crippen molar-refractivity contribution in [1.82, 2.24) is 0 Å². The molecular weight excluding hydrogens is 278 g/mol. The van der Waals surface area contributed by atoms with E-state index >= 15 is 0 Å². The van der Waals surface area contributed by atoms with Crippen LogP contribution in [0, 0.1) is 0 Å². The van der Waals surface area contributed by atoms with Crippen LogP contribution in [0.2, 0.25) is 0 Å². The Labute approximate surface area is 130 Å². The van der Waals surface area contributed by atoms with Crippen molar-refractivity contribution < 1.29 is 4.74 Å². The van der Waals surface area contributed by atoms with Gasteiger partial charge in [-0.3, -0.25) is 0 Å². The predicted molar refractivity (Wildman–Crippen MR) is 90.1 cm³/mol. The second-order valence-corrected chi connectivity index (χ2v) is 6.40. The van der Waals surface area contributed by atoms with Gasteiger partial charge in [-0.15, -0.1) is 11.8 Å². The summed E-state index contributed by atoms with van der Waals surface area (Å²) in [7, 11) is 0. The average Bonchev–Trinajstić information content (AvgIpc) is 2.95. The van der Waals surface area contributed by atoms with Gasteiger partial charge in [-0.1, -0.05) is 18.2 Å². The standard InChI is InChI=1S/C18H21NOS/c1-2-20-16-8-9-17(19)18(11-16)21-12-13-6-7-14-4-3-5-15(14)10-13/h6-11H,2-5,12,19H2,1H3. The van der Waals surface area contributed by atoms with E-state index in [9.17, 15) is 0 Å². The van der Waals surface area contributed by atoms with E-state index in [1.807, 2.05) is 25.1 Å². The maximum atomic E-state index is 6.06. The summed E-state index contributed by atoms with van der Waals surface area (Å²) < 4.78 is 5.55. The second kappa shape index (κ2) is 6.44. The van der Waals surface area contributed by atoms with Crippen LogP contribution in [0.15, 0.2) is 41.3 Å². The molecule has 0 atom stereocenters. The van der Waals surface area contributed by atoms with Gasteiger partial charge in [0.1, 0.15) is 5.75 Å². The topological polar surface area (TPSA) is 35.2 Å². The van der Waals surface area contributed by atoms with Crippen LogP contribution in [0.4, 0.5) is 5.69 Å². The van der Waals surface area contributed by atoms with Gasteiger partial charge in [-0.05, 0) is 61.1 Å². The summed E-state index contributed by atoms with van der Waals surface area (Å²) in [5.74, 6) is 1.84. The number of ether oxygens (including phenoxy) is 1. The molecule has 3 rings (SSSR count). The quantitative estimate of drug-likeness (QED) is 0.654. The van der Waals surface area contributed by atoms with Crippen molar-refractivity contribution in [1.29, 1.82) is 0 Å². The van der Waals surface area contributed by atoms with Gasteiger partial charge >= 0.3 is 0 Å². The Morgan fingerprint density at radius 3 is 2.81 bits per heavy atom. The monoisotopic (exact) mass is 299 g/mol. The zero-order chi connectivity index (χ0) is 14.7. The first-order valence-electron chi connectivity index (χ1n) is 7.52. The van der Waals surface area contributed by atoms with Crippen molar-refractivity contribution in [2.45, 2.75) is 36.8 Å². The number of nitrogens with two attached hydrogens (primary N) is 1. The summed E-state index contributed by atoms with van der Waals surface area (Å²) in [6, 6.07) is 12.8. The highest BCUT2D eigenvalue weighted by molar-refractivity contribution is 7.98. The molecular formula is C18H21NOS. The molecule has 2 nitrogen and oxygen atoms in total. The van der Waals surface area contributed by atoms with E-state index in [2.05, 4.69) is 18.2 Å². The van der Waals surface area contributed by atoms with E-state index in [1.165, 1.54) is 36.0 Å². The Morgan fingerprint density at radius 1 is 1.10 bits per heavy atom. The summed E-state index contributed by atoms with van der Waals surface area (Å²) in [4.78, 5) is 1.10. The molecule has 0 amide bonds. The summed E-state index contributed by atoms with van der Waals surface area (Å²) in [6.45, 7) is 2.67. The SMILES string of the molecule is CCOc1ccc(N)c(SCc2ccc3c(c2)CCC3)c1. The molecule has 0 bridgehead atoms. The average molecular weight is 299 g/mol. The van der Waals surface area contributed by atoms with Crippen LogP contribution >= 0.6 is 11.8 Å². The van der Waals surface area contributed by atoms with Crippen molar-refractivity contribution in [2.24, 2.45) is 0 Å². The van der Waals surface area contributed by atoms with Crippen LogP contribution < -0.4 is 10.5 Å². The van der Waals surface area contributed by atoms with Gasteiger partial charge in [0.25, 0.3) is 0 Å². The molecule has 0 aliphatic heterocycles. The minimum absolute atomic E-state index is 0.679. The number of rotatable bonds is 5. The molecule has 110 valence electrons. The molecule has 3 heteroatoms. The Hall–Kier alpha value is -1.61. The summed E-state index contributed by atoms with van der Waals surface area (Å²) >= 11 is 1.78. The lowest BCUT2D eigenvalue weighted by Gasteiger charge is -2.10. The van der Waals surface area contributed by atoms with Gasteiger partial charge in [-0.2, -0.15) is 0 Å². The zero-order valence-electron chi connectivity index (χ0n) is 12.4. The fourth-order valence-corrected chi connectivity index (χ4v) is 3.71. The maximum absolute atomic E-state index is 6.06. The van der Waals surface area contributed by atoms with Gasteiger partial charge in [0, 0.05) is 16.3 Å². The number of fused-ring (bicyclic) bond motifs is 1. The third-order valence-electron chi connectivity index (χ3n) is 3.85. The van der Waals surface area contributed by atoms with Gasteiger partial charge in [-0.25, -0.2) is 0 Å². The van der Waals surface area contributed by atoms with Crippen LogP contribution in [-0.4, -0.2) is 6.61 Å². The smallest absolute Gasteiger partial charge is 0.120 e. The largest absolute Gasteiger partial charge is 0.494 e. The molecule has 0 unspecified atom stereocenters. The number of nitrogen functional groups attached to an aromatic ring is 1. The van der Waals surface area contributed by atoms with E-state index < -0.39 is 0 Å². The lowest BCUT2D eigenvalue weighted by Crippen LogP contribution is -1.94. The van der Waals surface area contributed by atoms with Crippen molar-refractivity contribution >= 4 is 17.4 Å². The van der Waals surface area contributed by atoms with Gasteiger partial charge < -0.3 is 10.5 Å². The summed E-state index contributed by atoms with van der Waals surface area (Å²) in [5.41, 5.74) is 11.3. The van der Waals surface area contributed by atoms with Crippen LogP contribution in [0.5, 0.6) is 5.75 Å². The number of hydrogen-bond donors (Lipinski definition) is 1. The molecule has 21 heavy (non-hydrogen) atoms. The molecule has 0 radical (unpaired) electrons. The van der Waals surface area contributed by atoms with Gasteiger partial charge in [0.15, 0.2) is 0 Å². The third kappa shape index (κ3) is 3.35. The lowest BCUT2D eigenvalue weighted by molar-refractivity contribution is 0.339. The molecule has 0 saturated heterocycles. The normalized spacial score (nSPS) is 13.2. The fraction of sp³-hybridized carbons (Fsp3) is 0.333. The summed E-state index contributed by atoms with van der Waals surface area (Å²) in [6.07, 6.45) is 3.77. The minimum Gasteiger partial charge on any atom is -0.494 e. The maximum Gasteiger partial charge on any atom is 0.120 e. The summed E-state index contributed by atoms with van der Waals surface area (Å²) in [5, 5.41) is 0. The van der Waals surface area contributed by atoms with E-state index in [1.54, 1.807) is 11.8 Å². The Bertz CT molecular complexity index is 639. The molecule has 1 aliphatic rings. The number of aryl methyl sites for hydroxylation is 2. The van der Waals surface area contributed by atoms with E-state index in [0.717, 1.165) is 22.1 Å². The highest BCUT2D eigenvalue weighted by atomic mass is 32.2. The fourth-order valence-electron chi connectivity index (χ4n) is 2.77. The Kier molecular flexibility index (Phi) is 4.39. The molecule has 2 aromatic rings. The number of hydrogen-bond acceptors (Lipinski definition) is 3. The van der Waals surface area contributed by atoms with Crippen LogP contribution in [0.3, 0.4) is 0 Å². The number of benzene rings is 2. The van der Waals surface area contributed by atoms with Crippen molar-refractivity contribution in [3.05, 3.63) is 53.1 Å². The van der Waals surface area contributed by atoms with Crippen LogP contribution in [0.1, 0.15) is 30.0 Å². The molecule has 2 aromatic carbocycles. The van der Waals surface area contributed by atoms with E-state index in [4.69, 9.17) is 10.5 Å². The van der Waals surface area contributed by atoms with Crippen molar-refractivity contribution in [2.75, 3.05) is 12.3 Å². The Balaban J connectivity index is 1.71. The number of anilines is 1. The van der Waals surface area contributed by atoms with Crippen molar-refractivity contribution in [3.8, 4) is 5.75 Å². The van der Waals surface area contributed by atoms with Crippen LogP contribution in [-0.2, 0) is 18.6 Å². The number of thioether (sulfide) groups is 1. The second-order valence-electron chi connectivity index (χ2n) is 5.38. The molecule has 0 fully saturated rings. The first-order chi connectivity index (χ1) is 10.3. The minimum atomic E-state index is 0.679. The van der Waals surface area contributed by atoms with Crippen LogP contribution in [0.25, 0.3) is 0 Å². The first kappa shape index (κ1) is 14.3. The molecule has 2 N–H and O–H groups in total. The third-order valence-corrected chi connectivity index (χ3v) is 5.00. The van der Waals surface area contributed by atoms with Gasteiger partial charge in [0.2, 0.25) is 0 Å². The van der Waals surface area contributed by atoms with Crippen molar-refractivity contribution in [3.63, 3.8) is 0 Å². The molecule has 0 saturated carbocycles. The highest BCUT2D eigenvalue weighted by Crippen LogP contribution is 2.32. The molecule has 0 heterocycles. The first-order valence-corrected chi connectivity index (χ1v) is 8.50. The highest BCUT2D eigenvalue weighted by Gasteiger charge is 2.11. The molecule has 1 aliphatic carbocycles. The zero-order valence-corrected chi connectivity index (χ0v) is 13.2. The van der Waals surface area contributed by atoms with Gasteiger partial charge in [0.05, 0.1) is 6.61 Å². The van der Waals surface area contributed by atoms with E-state index in [0.29, 0.717) is 6.61 Å². The lowest BCUT2D eigenvalue weighted by atomic mass is 10.1. The predicted octanol–water partition coefficient (Wildman–Crippen LogP) is 4.45. The van der Waals surface area contributed by atoms with E-state index in [-0.39, 0.29) is 0 Å².